The summed E-state index contributed by atoms with van der Waals surface area (Å²) in [6.45, 7) is 8.54. The lowest BCUT2D eigenvalue weighted by Gasteiger charge is -2.26. The molecule has 3 N–H and O–H groups in total. The van der Waals surface area contributed by atoms with Crippen LogP contribution in [-0.2, 0) is 4.79 Å². The molecule has 118 valence electrons. The van der Waals surface area contributed by atoms with Gasteiger partial charge in [0, 0.05) is 25.7 Å². The first-order chi connectivity index (χ1) is 9.33. The molecule has 0 saturated heterocycles. The van der Waals surface area contributed by atoms with E-state index in [9.17, 15) is 4.79 Å². The molecule has 0 aromatic rings. The molecular formula is C16H33N3O. The highest BCUT2D eigenvalue weighted by atomic mass is 16.1. The minimum absolute atomic E-state index is 0.0632. The van der Waals surface area contributed by atoms with E-state index in [1.54, 1.807) is 0 Å². The fourth-order valence-corrected chi connectivity index (χ4v) is 3.05. The van der Waals surface area contributed by atoms with E-state index in [0.717, 1.165) is 19.5 Å². The Balaban J connectivity index is 2.27. The lowest BCUT2D eigenvalue weighted by molar-refractivity contribution is -0.125. The normalized spacial score (nSPS) is 18.5. The number of carbonyl (C=O) groups excluding carboxylic acids is 1. The van der Waals surface area contributed by atoms with Gasteiger partial charge in [0.25, 0.3) is 0 Å². The number of nitrogens with one attached hydrogen (secondary N) is 1. The molecule has 1 rings (SSSR count). The van der Waals surface area contributed by atoms with Crippen molar-refractivity contribution in [2.45, 2.75) is 58.9 Å². The second-order valence-electron chi connectivity index (χ2n) is 7.41. The molecule has 1 fully saturated rings. The summed E-state index contributed by atoms with van der Waals surface area (Å²) in [6.07, 6.45) is 6.15. The molecule has 0 bridgehead atoms. The molecule has 0 radical (unpaired) electrons. The van der Waals surface area contributed by atoms with Gasteiger partial charge in [-0.2, -0.15) is 0 Å². The predicted octanol–water partition coefficient (Wildman–Crippen LogP) is 1.99. The third-order valence-corrected chi connectivity index (χ3v) is 4.23. The van der Waals surface area contributed by atoms with Crippen molar-refractivity contribution in [1.29, 1.82) is 0 Å². The molecular weight excluding hydrogens is 250 g/mol. The molecule has 1 aliphatic carbocycles. The molecule has 1 saturated carbocycles. The molecule has 0 spiro atoms. The lowest BCUT2D eigenvalue weighted by Crippen LogP contribution is -2.41. The molecule has 0 heterocycles. The van der Waals surface area contributed by atoms with Crippen LogP contribution in [0.25, 0.3) is 0 Å². The van der Waals surface area contributed by atoms with Crippen molar-refractivity contribution in [3.63, 3.8) is 0 Å². The van der Waals surface area contributed by atoms with Gasteiger partial charge in [0.1, 0.15) is 0 Å². The summed E-state index contributed by atoms with van der Waals surface area (Å²) in [7, 11) is 2.16. The Morgan fingerprint density at radius 2 is 1.95 bits per heavy atom. The number of amides is 1. The van der Waals surface area contributed by atoms with E-state index >= 15 is 0 Å². The van der Waals surface area contributed by atoms with Crippen molar-refractivity contribution < 1.29 is 4.79 Å². The third-order valence-electron chi connectivity index (χ3n) is 4.23. The van der Waals surface area contributed by atoms with Gasteiger partial charge >= 0.3 is 0 Å². The van der Waals surface area contributed by atoms with Gasteiger partial charge in [0.15, 0.2) is 0 Å². The van der Waals surface area contributed by atoms with Crippen molar-refractivity contribution in [2.24, 2.45) is 17.1 Å². The maximum absolute atomic E-state index is 12.1. The van der Waals surface area contributed by atoms with Gasteiger partial charge in [0.05, 0.1) is 5.92 Å². The number of likely N-dealkylation sites (N-methyl/N-ethyl adjacent to an activating group) is 1. The Morgan fingerprint density at radius 3 is 2.45 bits per heavy atom. The first kappa shape index (κ1) is 17.4. The van der Waals surface area contributed by atoms with E-state index in [-0.39, 0.29) is 17.2 Å². The number of nitrogens with zero attached hydrogens (tertiary/aromatic N) is 1. The molecule has 1 amide bonds. The van der Waals surface area contributed by atoms with E-state index < -0.39 is 0 Å². The van der Waals surface area contributed by atoms with Crippen LogP contribution in [0, 0.1) is 11.3 Å². The van der Waals surface area contributed by atoms with Crippen LogP contribution < -0.4 is 11.1 Å². The zero-order valence-electron chi connectivity index (χ0n) is 13.7. The maximum atomic E-state index is 12.1. The third kappa shape index (κ3) is 6.23. The number of carbonyl (C=O) groups is 1. The van der Waals surface area contributed by atoms with Crippen LogP contribution in [0.2, 0.25) is 0 Å². The molecule has 0 aromatic carbocycles. The van der Waals surface area contributed by atoms with Crippen LogP contribution >= 0.6 is 0 Å². The van der Waals surface area contributed by atoms with Gasteiger partial charge < -0.3 is 16.0 Å². The molecule has 1 aliphatic rings. The number of nitrogens with two attached hydrogens (primary N) is 1. The Labute approximate surface area is 124 Å². The summed E-state index contributed by atoms with van der Waals surface area (Å²) in [6, 6.07) is 0.715. The van der Waals surface area contributed by atoms with Gasteiger partial charge in [0.2, 0.25) is 5.91 Å². The Bertz CT molecular complexity index is 293. The van der Waals surface area contributed by atoms with E-state index in [4.69, 9.17) is 5.73 Å². The van der Waals surface area contributed by atoms with Crippen LogP contribution in [0.4, 0.5) is 0 Å². The first-order valence-corrected chi connectivity index (χ1v) is 8.01. The molecule has 4 nitrogen and oxygen atoms in total. The van der Waals surface area contributed by atoms with E-state index in [2.05, 4.69) is 38.0 Å². The number of rotatable bonds is 7. The second kappa shape index (κ2) is 7.99. The van der Waals surface area contributed by atoms with Crippen molar-refractivity contribution >= 4 is 5.91 Å². The largest absolute Gasteiger partial charge is 0.355 e. The smallest absolute Gasteiger partial charge is 0.224 e. The van der Waals surface area contributed by atoms with Gasteiger partial charge in [-0.1, -0.05) is 33.6 Å². The monoisotopic (exact) mass is 283 g/mol. The molecule has 1 atom stereocenters. The van der Waals surface area contributed by atoms with Crippen LogP contribution in [-0.4, -0.2) is 43.5 Å². The average molecular weight is 283 g/mol. The van der Waals surface area contributed by atoms with E-state index in [0.29, 0.717) is 12.6 Å². The summed E-state index contributed by atoms with van der Waals surface area (Å²) < 4.78 is 0. The summed E-state index contributed by atoms with van der Waals surface area (Å²) in [4.78, 5) is 14.5. The van der Waals surface area contributed by atoms with Crippen molar-refractivity contribution in [2.75, 3.05) is 26.7 Å². The highest BCUT2D eigenvalue weighted by Crippen LogP contribution is 2.24. The minimum Gasteiger partial charge on any atom is -0.355 e. The Kier molecular flexibility index (Phi) is 6.96. The fourth-order valence-electron chi connectivity index (χ4n) is 3.05. The lowest BCUT2D eigenvalue weighted by atomic mass is 9.84. The number of hydrogen-bond donors (Lipinski definition) is 2. The summed E-state index contributed by atoms with van der Waals surface area (Å²) >= 11 is 0. The standard InChI is InChI=1S/C16H33N3O/c1-16(2,3)11-13(12-17)15(20)18-9-10-19(4)14-7-5-6-8-14/h13-14H,5-12,17H2,1-4H3,(H,18,20). The number of hydrogen-bond acceptors (Lipinski definition) is 3. The second-order valence-corrected chi connectivity index (χ2v) is 7.41. The first-order valence-electron chi connectivity index (χ1n) is 8.01. The van der Waals surface area contributed by atoms with E-state index in [1.165, 1.54) is 25.7 Å². The molecule has 0 aromatic heterocycles. The van der Waals surface area contributed by atoms with Crippen LogP contribution in [0.3, 0.4) is 0 Å². The van der Waals surface area contributed by atoms with Crippen LogP contribution in [0.5, 0.6) is 0 Å². The SMILES string of the molecule is CN(CCNC(=O)C(CN)CC(C)(C)C)C1CCCC1. The predicted molar refractivity (Wildman–Crippen MR) is 84.5 cm³/mol. The highest BCUT2D eigenvalue weighted by molar-refractivity contribution is 5.78. The molecule has 4 heteroatoms. The quantitative estimate of drug-likeness (QED) is 0.751. The van der Waals surface area contributed by atoms with Crippen LogP contribution in [0.1, 0.15) is 52.9 Å². The van der Waals surface area contributed by atoms with Gasteiger partial charge in [-0.05, 0) is 31.7 Å². The van der Waals surface area contributed by atoms with Gasteiger partial charge in [-0.25, -0.2) is 0 Å². The van der Waals surface area contributed by atoms with Crippen LogP contribution in [0.15, 0.2) is 0 Å². The fraction of sp³-hybridized carbons (Fsp3) is 0.938. The van der Waals surface area contributed by atoms with Crippen molar-refractivity contribution in [3.05, 3.63) is 0 Å². The molecule has 0 aliphatic heterocycles. The zero-order valence-corrected chi connectivity index (χ0v) is 13.7. The Morgan fingerprint density at radius 1 is 1.35 bits per heavy atom. The highest BCUT2D eigenvalue weighted by Gasteiger charge is 2.24. The molecule has 1 unspecified atom stereocenters. The van der Waals surface area contributed by atoms with Crippen molar-refractivity contribution in [1.82, 2.24) is 10.2 Å². The molecule has 20 heavy (non-hydrogen) atoms. The summed E-state index contributed by atoms with van der Waals surface area (Å²) in [5, 5.41) is 3.05. The zero-order chi connectivity index (χ0) is 15.2. The minimum atomic E-state index is -0.0632. The Hall–Kier alpha value is -0.610. The summed E-state index contributed by atoms with van der Waals surface area (Å²) in [5.74, 6) is 0.0500. The topological polar surface area (TPSA) is 58.4 Å². The van der Waals surface area contributed by atoms with Gasteiger partial charge in [-0.15, -0.1) is 0 Å². The average Bonchev–Trinajstić information content (AvgIpc) is 2.88. The summed E-state index contributed by atoms with van der Waals surface area (Å²) in [5.41, 5.74) is 5.88. The van der Waals surface area contributed by atoms with Gasteiger partial charge in [-0.3, -0.25) is 4.79 Å². The van der Waals surface area contributed by atoms with Crippen molar-refractivity contribution in [3.8, 4) is 0 Å². The van der Waals surface area contributed by atoms with E-state index in [1.807, 2.05) is 0 Å². The maximum Gasteiger partial charge on any atom is 0.224 e.